The lowest BCUT2D eigenvalue weighted by molar-refractivity contribution is 0.496. The van der Waals surface area contributed by atoms with Crippen LogP contribution in [-0.2, 0) is 0 Å². The third kappa shape index (κ3) is 1.69. The van der Waals surface area contributed by atoms with Gasteiger partial charge in [-0.05, 0) is 36.5 Å². The molecule has 3 heteroatoms. The van der Waals surface area contributed by atoms with Crippen molar-refractivity contribution in [1.82, 2.24) is 0 Å². The summed E-state index contributed by atoms with van der Waals surface area (Å²) in [6.07, 6.45) is 4.20. The molecule has 0 spiro atoms. The maximum atomic E-state index is 14.5. The first-order chi connectivity index (χ1) is 9.75. The monoisotopic (exact) mass is 288 g/mol. The average Bonchev–Trinajstić information content (AvgIpc) is 3.09. The van der Waals surface area contributed by atoms with Gasteiger partial charge in [-0.1, -0.05) is 31.0 Å². The van der Waals surface area contributed by atoms with Gasteiger partial charge in [0.1, 0.15) is 0 Å². The largest absolute Gasteiger partial charge is 0.203 e. The quantitative estimate of drug-likeness (QED) is 0.516. The van der Waals surface area contributed by atoms with Crippen molar-refractivity contribution in [2.24, 2.45) is 0 Å². The molecule has 1 aromatic heterocycles. The summed E-state index contributed by atoms with van der Waals surface area (Å²) in [5.74, 6) is -1.10. The molecule has 0 amide bonds. The standard InChI is InChI=1S/C17H14F2S/c18-16-12(10-5-1-2-6-10)9-14-15(17(16)19)11-7-3-4-8-13(11)20-14/h3-4,7-10H,1-2,5-6H2. The normalized spacial score (nSPS) is 16.5. The van der Waals surface area contributed by atoms with E-state index < -0.39 is 11.6 Å². The lowest BCUT2D eigenvalue weighted by Gasteiger charge is -2.11. The Labute approximate surface area is 120 Å². The minimum Gasteiger partial charge on any atom is -0.203 e. The number of fused-ring (bicyclic) bond motifs is 3. The van der Waals surface area contributed by atoms with E-state index in [9.17, 15) is 8.78 Å². The zero-order valence-corrected chi connectivity index (χ0v) is 11.8. The molecule has 0 saturated heterocycles. The fraction of sp³-hybridized carbons (Fsp3) is 0.294. The van der Waals surface area contributed by atoms with Crippen LogP contribution in [0.5, 0.6) is 0 Å². The van der Waals surface area contributed by atoms with Crippen LogP contribution in [0.4, 0.5) is 8.78 Å². The van der Waals surface area contributed by atoms with Crippen LogP contribution in [0.2, 0.25) is 0 Å². The van der Waals surface area contributed by atoms with Crippen molar-refractivity contribution in [2.45, 2.75) is 31.6 Å². The first-order valence-corrected chi connectivity index (χ1v) is 7.86. The van der Waals surface area contributed by atoms with Gasteiger partial charge < -0.3 is 0 Å². The predicted molar refractivity (Wildman–Crippen MR) is 80.5 cm³/mol. The fourth-order valence-electron chi connectivity index (χ4n) is 3.37. The van der Waals surface area contributed by atoms with Crippen molar-refractivity contribution in [3.8, 4) is 0 Å². The Morgan fingerprint density at radius 1 is 0.950 bits per heavy atom. The van der Waals surface area contributed by atoms with E-state index in [-0.39, 0.29) is 5.92 Å². The van der Waals surface area contributed by atoms with Gasteiger partial charge in [0, 0.05) is 20.2 Å². The molecule has 0 nitrogen and oxygen atoms in total. The van der Waals surface area contributed by atoms with Crippen LogP contribution in [0.3, 0.4) is 0 Å². The SMILES string of the molecule is Fc1c(C2CCCC2)cc2sc3ccccc3c2c1F. The van der Waals surface area contributed by atoms with E-state index in [0.29, 0.717) is 10.9 Å². The number of rotatable bonds is 1. The van der Waals surface area contributed by atoms with Gasteiger partial charge in [0.05, 0.1) is 0 Å². The predicted octanol–water partition coefficient (Wildman–Crippen LogP) is 5.99. The Bertz CT molecular complexity index is 797. The number of hydrogen-bond acceptors (Lipinski definition) is 1. The van der Waals surface area contributed by atoms with E-state index in [1.54, 1.807) is 11.3 Å². The topological polar surface area (TPSA) is 0 Å². The number of benzene rings is 2. The molecule has 1 fully saturated rings. The van der Waals surface area contributed by atoms with E-state index in [4.69, 9.17) is 0 Å². The van der Waals surface area contributed by atoms with Crippen LogP contribution in [0.1, 0.15) is 37.2 Å². The first-order valence-electron chi connectivity index (χ1n) is 7.05. The van der Waals surface area contributed by atoms with Gasteiger partial charge in [0.15, 0.2) is 11.6 Å². The van der Waals surface area contributed by atoms with Gasteiger partial charge in [-0.2, -0.15) is 0 Å². The molecule has 4 rings (SSSR count). The zero-order valence-electron chi connectivity index (χ0n) is 11.0. The van der Waals surface area contributed by atoms with Crippen molar-refractivity contribution < 1.29 is 8.78 Å². The lowest BCUT2D eigenvalue weighted by Crippen LogP contribution is -1.99. The molecule has 102 valence electrons. The third-order valence-electron chi connectivity index (χ3n) is 4.37. The molecule has 20 heavy (non-hydrogen) atoms. The first kappa shape index (κ1) is 12.3. The highest BCUT2D eigenvalue weighted by molar-refractivity contribution is 7.25. The molecule has 2 aromatic carbocycles. The van der Waals surface area contributed by atoms with Crippen molar-refractivity contribution in [2.75, 3.05) is 0 Å². The van der Waals surface area contributed by atoms with Crippen molar-refractivity contribution >= 4 is 31.5 Å². The van der Waals surface area contributed by atoms with Crippen molar-refractivity contribution in [1.29, 1.82) is 0 Å². The summed E-state index contributed by atoms with van der Waals surface area (Å²) in [6, 6.07) is 9.52. The second-order valence-electron chi connectivity index (χ2n) is 5.55. The van der Waals surface area contributed by atoms with Gasteiger partial charge in [-0.15, -0.1) is 11.3 Å². The van der Waals surface area contributed by atoms with Crippen LogP contribution >= 0.6 is 11.3 Å². The molecule has 0 unspecified atom stereocenters. The van der Waals surface area contributed by atoms with E-state index in [2.05, 4.69) is 0 Å². The minimum absolute atomic E-state index is 0.194. The minimum atomic E-state index is -0.665. The van der Waals surface area contributed by atoms with Crippen LogP contribution in [0.25, 0.3) is 20.2 Å². The number of halogens is 2. The highest BCUT2D eigenvalue weighted by Gasteiger charge is 2.25. The summed E-state index contributed by atoms with van der Waals surface area (Å²) < 4.78 is 30.8. The summed E-state index contributed by atoms with van der Waals surface area (Å²) in [5.41, 5.74) is 0.582. The smallest absolute Gasteiger partial charge is 0.168 e. The molecule has 1 aliphatic carbocycles. The van der Waals surface area contributed by atoms with E-state index >= 15 is 0 Å². The van der Waals surface area contributed by atoms with Gasteiger partial charge in [0.25, 0.3) is 0 Å². The summed E-state index contributed by atoms with van der Waals surface area (Å²) in [4.78, 5) is 0. The Hall–Kier alpha value is -1.48. The molecule has 1 saturated carbocycles. The van der Waals surface area contributed by atoms with Crippen LogP contribution < -0.4 is 0 Å². The maximum absolute atomic E-state index is 14.5. The molecule has 3 aromatic rings. The van der Waals surface area contributed by atoms with Gasteiger partial charge in [0.2, 0.25) is 0 Å². The second kappa shape index (κ2) is 4.52. The van der Waals surface area contributed by atoms with E-state index in [1.807, 2.05) is 30.3 Å². The number of hydrogen-bond donors (Lipinski definition) is 0. The molecule has 0 bridgehead atoms. The van der Waals surface area contributed by atoms with Crippen molar-refractivity contribution in [3.63, 3.8) is 0 Å². The summed E-state index contributed by atoms with van der Waals surface area (Å²) >= 11 is 1.55. The summed E-state index contributed by atoms with van der Waals surface area (Å²) in [6.45, 7) is 0. The highest BCUT2D eigenvalue weighted by atomic mass is 32.1. The zero-order chi connectivity index (χ0) is 13.7. The maximum Gasteiger partial charge on any atom is 0.168 e. The van der Waals surface area contributed by atoms with Gasteiger partial charge in [-0.3, -0.25) is 0 Å². The van der Waals surface area contributed by atoms with Crippen LogP contribution in [0.15, 0.2) is 30.3 Å². The second-order valence-corrected chi connectivity index (χ2v) is 6.63. The molecule has 0 aliphatic heterocycles. The molecule has 1 heterocycles. The van der Waals surface area contributed by atoms with E-state index in [1.165, 1.54) is 0 Å². The third-order valence-corrected chi connectivity index (χ3v) is 5.49. The Morgan fingerprint density at radius 3 is 2.50 bits per heavy atom. The van der Waals surface area contributed by atoms with Gasteiger partial charge in [-0.25, -0.2) is 8.78 Å². The van der Waals surface area contributed by atoms with E-state index in [0.717, 1.165) is 40.5 Å². The summed E-state index contributed by atoms with van der Waals surface area (Å²) in [5, 5.41) is 1.27. The molecular formula is C17H14F2S. The van der Waals surface area contributed by atoms with Gasteiger partial charge >= 0.3 is 0 Å². The summed E-state index contributed by atoms with van der Waals surface area (Å²) in [7, 11) is 0. The molecule has 0 atom stereocenters. The lowest BCUT2D eigenvalue weighted by atomic mass is 9.95. The molecule has 0 radical (unpaired) electrons. The van der Waals surface area contributed by atoms with Crippen molar-refractivity contribution in [3.05, 3.63) is 47.5 Å². The van der Waals surface area contributed by atoms with Crippen LogP contribution in [-0.4, -0.2) is 0 Å². The molecule has 0 N–H and O–H groups in total. The molecule has 1 aliphatic rings. The Morgan fingerprint density at radius 2 is 1.70 bits per heavy atom. The fourth-order valence-corrected chi connectivity index (χ4v) is 4.52. The Kier molecular flexibility index (Phi) is 2.77. The average molecular weight is 288 g/mol. The number of thiophene rings is 1. The Balaban J connectivity index is 2.04. The van der Waals surface area contributed by atoms with Crippen LogP contribution in [0, 0.1) is 11.6 Å². The highest BCUT2D eigenvalue weighted by Crippen LogP contribution is 2.42. The molecular weight excluding hydrogens is 274 g/mol.